The van der Waals surface area contributed by atoms with Gasteiger partial charge in [0.25, 0.3) is 5.91 Å². The van der Waals surface area contributed by atoms with E-state index in [0.29, 0.717) is 24.7 Å². The number of nitrogens with zero attached hydrogens (tertiary/aromatic N) is 2. The third kappa shape index (κ3) is 4.29. The van der Waals surface area contributed by atoms with Crippen molar-refractivity contribution in [2.75, 3.05) is 13.6 Å². The summed E-state index contributed by atoms with van der Waals surface area (Å²) in [7, 11) is 1.86. The van der Waals surface area contributed by atoms with E-state index in [-0.39, 0.29) is 11.8 Å². The molecule has 1 heterocycles. The van der Waals surface area contributed by atoms with Crippen molar-refractivity contribution in [3.05, 3.63) is 29.6 Å². The number of hydrazine groups is 1. The number of nitrogen functional groups attached to an aromatic ring is 1. The molecule has 1 aromatic heterocycles. The first-order valence-electron chi connectivity index (χ1n) is 6.52. The van der Waals surface area contributed by atoms with Crippen LogP contribution in [0.2, 0.25) is 0 Å². The van der Waals surface area contributed by atoms with Gasteiger partial charge in [-0.15, -0.1) is 0 Å². The van der Waals surface area contributed by atoms with Gasteiger partial charge in [-0.05, 0) is 32.0 Å². The highest BCUT2D eigenvalue weighted by molar-refractivity contribution is 5.93. The van der Waals surface area contributed by atoms with Gasteiger partial charge in [-0.25, -0.2) is 5.84 Å². The molecule has 1 aliphatic rings. The third-order valence-corrected chi connectivity index (χ3v) is 3.01. The normalized spacial score (nSPS) is 14.2. The molecule has 1 aliphatic carbocycles. The van der Waals surface area contributed by atoms with E-state index in [1.807, 2.05) is 17.4 Å². The summed E-state index contributed by atoms with van der Waals surface area (Å²) in [5.41, 5.74) is 3.25. The van der Waals surface area contributed by atoms with E-state index in [1.165, 1.54) is 6.20 Å². The molecule has 0 aromatic carbocycles. The Hall–Kier alpha value is -1.99. The number of aromatic nitrogens is 1. The Morgan fingerprint density at radius 2 is 2.20 bits per heavy atom. The van der Waals surface area contributed by atoms with Crippen LogP contribution in [-0.2, 0) is 11.3 Å². The summed E-state index contributed by atoms with van der Waals surface area (Å²) in [6.07, 6.45) is 3.64. The molecule has 0 spiro atoms. The fourth-order valence-electron chi connectivity index (χ4n) is 1.81. The molecule has 1 aromatic rings. The van der Waals surface area contributed by atoms with Crippen LogP contribution >= 0.6 is 0 Å². The van der Waals surface area contributed by atoms with Gasteiger partial charge < -0.3 is 5.32 Å². The fourth-order valence-corrected chi connectivity index (χ4v) is 1.81. The number of likely N-dealkylation sites (N-methyl/N-ethyl adjacent to an activating group) is 1. The summed E-state index contributed by atoms with van der Waals surface area (Å²) in [6, 6.07) is 3.78. The van der Waals surface area contributed by atoms with Gasteiger partial charge in [0.15, 0.2) is 0 Å². The molecular weight excluding hydrogens is 258 g/mol. The van der Waals surface area contributed by atoms with Crippen molar-refractivity contribution in [1.29, 1.82) is 0 Å². The largest absolute Gasteiger partial charge is 0.352 e. The van der Waals surface area contributed by atoms with Crippen LogP contribution in [0.1, 0.15) is 28.9 Å². The molecule has 0 saturated heterocycles. The van der Waals surface area contributed by atoms with Crippen molar-refractivity contribution in [2.24, 2.45) is 5.84 Å². The first kappa shape index (κ1) is 14.4. The van der Waals surface area contributed by atoms with Gasteiger partial charge >= 0.3 is 0 Å². The van der Waals surface area contributed by atoms with Crippen molar-refractivity contribution in [3.63, 3.8) is 0 Å². The van der Waals surface area contributed by atoms with Crippen molar-refractivity contribution in [1.82, 2.24) is 20.6 Å². The third-order valence-electron chi connectivity index (χ3n) is 3.01. The number of nitrogens with two attached hydrogens (primary N) is 1. The van der Waals surface area contributed by atoms with Gasteiger partial charge in [-0.2, -0.15) is 0 Å². The lowest BCUT2D eigenvalue weighted by Crippen LogP contribution is -2.36. The lowest BCUT2D eigenvalue weighted by Gasteiger charge is -2.15. The SMILES string of the molecule is CN(CC(=O)NC1CC1)Cc1ccc(C(=O)NN)cn1. The molecule has 0 bridgehead atoms. The van der Waals surface area contributed by atoms with Crippen LogP contribution in [0.15, 0.2) is 18.3 Å². The van der Waals surface area contributed by atoms with E-state index in [0.717, 1.165) is 18.5 Å². The summed E-state index contributed by atoms with van der Waals surface area (Å²) in [5.74, 6) is 4.70. The maximum Gasteiger partial charge on any atom is 0.266 e. The highest BCUT2D eigenvalue weighted by Gasteiger charge is 2.23. The van der Waals surface area contributed by atoms with E-state index < -0.39 is 0 Å². The molecular formula is C13H19N5O2. The molecule has 0 atom stereocenters. The van der Waals surface area contributed by atoms with Gasteiger partial charge in [-0.3, -0.25) is 24.9 Å². The van der Waals surface area contributed by atoms with Crippen molar-refractivity contribution >= 4 is 11.8 Å². The maximum absolute atomic E-state index is 11.6. The zero-order valence-electron chi connectivity index (χ0n) is 11.4. The number of nitrogens with one attached hydrogen (secondary N) is 2. The number of rotatable bonds is 6. The van der Waals surface area contributed by atoms with Crippen LogP contribution < -0.4 is 16.6 Å². The van der Waals surface area contributed by atoms with Crippen LogP contribution in [0.5, 0.6) is 0 Å². The minimum atomic E-state index is -0.374. The predicted octanol–water partition coefficient (Wildman–Crippen LogP) is -0.604. The van der Waals surface area contributed by atoms with Gasteiger partial charge in [-0.1, -0.05) is 0 Å². The zero-order valence-corrected chi connectivity index (χ0v) is 11.4. The van der Waals surface area contributed by atoms with Crippen molar-refractivity contribution < 1.29 is 9.59 Å². The molecule has 7 nitrogen and oxygen atoms in total. The smallest absolute Gasteiger partial charge is 0.266 e. The molecule has 2 rings (SSSR count). The number of pyridine rings is 1. The van der Waals surface area contributed by atoms with Crippen LogP contribution in [0.25, 0.3) is 0 Å². The van der Waals surface area contributed by atoms with Gasteiger partial charge in [0.2, 0.25) is 5.91 Å². The first-order chi connectivity index (χ1) is 9.58. The Bertz CT molecular complexity index is 484. The van der Waals surface area contributed by atoms with E-state index in [9.17, 15) is 9.59 Å². The molecule has 2 amide bonds. The summed E-state index contributed by atoms with van der Waals surface area (Å²) in [5, 5.41) is 2.93. The fraction of sp³-hybridized carbons (Fsp3) is 0.462. The van der Waals surface area contributed by atoms with Gasteiger partial charge in [0, 0.05) is 18.8 Å². The molecule has 108 valence electrons. The summed E-state index contributed by atoms with van der Waals surface area (Å²) in [4.78, 5) is 29.0. The molecule has 20 heavy (non-hydrogen) atoms. The predicted molar refractivity (Wildman–Crippen MR) is 73.4 cm³/mol. The lowest BCUT2D eigenvalue weighted by atomic mass is 10.2. The average Bonchev–Trinajstić information content (AvgIpc) is 3.22. The van der Waals surface area contributed by atoms with Crippen LogP contribution in [0.4, 0.5) is 0 Å². The Balaban J connectivity index is 1.82. The van der Waals surface area contributed by atoms with E-state index in [4.69, 9.17) is 5.84 Å². The molecule has 0 radical (unpaired) electrons. The number of carbonyl (C=O) groups is 2. The summed E-state index contributed by atoms with van der Waals surface area (Å²) >= 11 is 0. The molecule has 0 unspecified atom stereocenters. The van der Waals surface area contributed by atoms with Crippen LogP contribution in [-0.4, -0.2) is 41.3 Å². The zero-order chi connectivity index (χ0) is 14.5. The number of carbonyl (C=O) groups excluding carboxylic acids is 2. The topological polar surface area (TPSA) is 100 Å². The maximum atomic E-state index is 11.6. The number of hydrogen-bond donors (Lipinski definition) is 3. The minimum absolute atomic E-state index is 0.0362. The lowest BCUT2D eigenvalue weighted by molar-refractivity contribution is -0.122. The highest BCUT2D eigenvalue weighted by Crippen LogP contribution is 2.18. The van der Waals surface area contributed by atoms with Crippen LogP contribution in [0, 0.1) is 0 Å². The van der Waals surface area contributed by atoms with Gasteiger partial charge in [0.1, 0.15) is 0 Å². The summed E-state index contributed by atoms with van der Waals surface area (Å²) in [6.45, 7) is 0.881. The average molecular weight is 277 g/mol. The van der Waals surface area contributed by atoms with E-state index in [2.05, 4.69) is 10.3 Å². The highest BCUT2D eigenvalue weighted by atomic mass is 16.2. The molecule has 1 fully saturated rings. The molecule has 1 saturated carbocycles. The second-order valence-electron chi connectivity index (χ2n) is 5.03. The van der Waals surface area contributed by atoms with Crippen molar-refractivity contribution in [2.45, 2.75) is 25.4 Å². The molecule has 7 heteroatoms. The Morgan fingerprint density at radius 3 is 2.75 bits per heavy atom. The molecule has 0 aliphatic heterocycles. The minimum Gasteiger partial charge on any atom is -0.352 e. The second-order valence-corrected chi connectivity index (χ2v) is 5.03. The van der Waals surface area contributed by atoms with E-state index in [1.54, 1.807) is 12.1 Å². The number of amides is 2. The van der Waals surface area contributed by atoms with Gasteiger partial charge in [0.05, 0.1) is 17.8 Å². The standard InChI is InChI=1S/C13H19N5O2/c1-18(8-12(19)16-10-4-5-10)7-11-3-2-9(6-15-11)13(20)17-14/h2-3,6,10H,4-5,7-8,14H2,1H3,(H,16,19)(H,17,20). The van der Waals surface area contributed by atoms with Crippen molar-refractivity contribution in [3.8, 4) is 0 Å². The monoisotopic (exact) mass is 277 g/mol. The molecule has 4 N–H and O–H groups in total. The van der Waals surface area contributed by atoms with E-state index >= 15 is 0 Å². The van der Waals surface area contributed by atoms with Crippen LogP contribution in [0.3, 0.4) is 0 Å². The number of hydrogen-bond acceptors (Lipinski definition) is 5. The Morgan fingerprint density at radius 1 is 1.45 bits per heavy atom. The summed E-state index contributed by atoms with van der Waals surface area (Å²) < 4.78 is 0. The first-order valence-corrected chi connectivity index (χ1v) is 6.52. The quantitative estimate of drug-likeness (QED) is 0.366. The second kappa shape index (κ2) is 6.44. The Labute approximate surface area is 117 Å². The Kier molecular flexibility index (Phi) is 4.65.